The van der Waals surface area contributed by atoms with Gasteiger partial charge < -0.3 is 15.4 Å². The monoisotopic (exact) mass is 244 g/mol. The van der Waals surface area contributed by atoms with Gasteiger partial charge in [0.15, 0.2) is 0 Å². The summed E-state index contributed by atoms with van der Waals surface area (Å²) < 4.78 is 1.48. The van der Waals surface area contributed by atoms with Crippen LogP contribution < -0.4 is 11.3 Å². The van der Waals surface area contributed by atoms with Crippen LogP contribution in [0.3, 0.4) is 0 Å². The van der Waals surface area contributed by atoms with Gasteiger partial charge in [0.2, 0.25) is 0 Å². The Hall–Kier alpha value is -2.56. The van der Waals surface area contributed by atoms with E-state index in [1.165, 1.54) is 22.8 Å². The number of benzene rings is 1. The Bertz CT molecular complexity index is 629. The van der Waals surface area contributed by atoms with Crippen molar-refractivity contribution in [2.24, 2.45) is 0 Å². The zero-order chi connectivity index (χ0) is 13.1. The van der Waals surface area contributed by atoms with Crippen molar-refractivity contribution in [3.8, 4) is 0 Å². The third kappa shape index (κ3) is 2.57. The minimum atomic E-state index is -0.970. The largest absolute Gasteiger partial charge is 0.478 e. The highest BCUT2D eigenvalue weighted by Gasteiger charge is 2.03. The van der Waals surface area contributed by atoms with Gasteiger partial charge in [-0.25, -0.2) is 4.79 Å². The van der Waals surface area contributed by atoms with Crippen LogP contribution in [0.25, 0.3) is 0 Å². The lowest BCUT2D eigenvalue weighted by molar-refractivity contribution is 0.0697. The van der Waals surface area contributed by atoms with Crippen molar-refractivity contribution in [1.29, 1.82) is 0 Å². The van der Waals surface area contributed by atoms with Gasteiger partial charge in [0.1, 0.15) is 0 Å². The first kappa shape index (κ1) is 11.9. The molecule has 2 rings (SSSR count). The molecule has 3 N–H and O–H groups in total. The summed E-state index contributed by atoms with van der Waals surface area (Å²) in [6.45, 7) is 0.365. The quantitative estimate of drug-likeness (QED) is 0.848. The topological polar surface area (TPSA) is 85.3 Å². The summed E-state index contributed by atoms with van der Waals surface area (Å²) in [5, 5.41) is 8.77. The van der Waals surface area contributed by atoms with Crippen molar-refractivity contribution < 1.29 is 9.90 Å². The number of aromatic nitrogens is 1. The van der Waals surface area contributed by atoms with Crippen molar-refractivity contribution in [2.45, 2.75) is 6.54 Å². The summed E-state index contributed by atoms with van der Waals surface area (Å²) in [6, 6.07) is 9.33. The molecule has 5 nitrogen and oxygen atoms in total. The number of pyridine rings is 1. The van der Waals surface area contributed by atoms with E-state index in [1.54, 1.807) is 24.4 Å². The number of nitrogen functional groups attached to an aromatic ring is 1. The Balaban J connectivity index is 2.26. The van der Waals surface area contributed by atoms with Crippen LogP contribution in [-0.4, -0.2) is 15.6 Å². The van der Waals surface area contributed by atoms with Gasteiger partial charge >= 0.3 is 5.97 Å². The Morgan fingerprint density at radius 1 is 1.17 bits per heavy atom. The van der Waals surface area contributed by atoms with Crippen LogP contribution in [0.15, 0.2) is 47.4 Å². The van der Waals surface area contributed by atoms with E-state index in [4.69, 9.17) is 10.8 Å². The molecule has 0 saturated carbocycles. The first-order valence-electron chi connectivity index (χ1n) is 5.34. The molecule has 92 valence electrons. The van der Waals surface area contributed by atoms with E-state index in [1.807, 2.05) is 0 Å². The average Bonchev–Trinajstić information content (AvgIpc) is 2.34. The van der Waals surface area contributed by atoms with Crippen molar-refractivity contribution in [2.75, 3.05) is 5.73 Å². The summed E-state index contributed by atoms with van der Waals surface area (Å²) in [5.41, 5.74) is 7.03. The molecule has 2 aromatic rings. The number of hydrogen-bond acceptors (Lipinski definition) is 3. The third-order valence-electron chi connectivity index (χ3n) is 2.56. The Morgan fingerprint density at radius 2 is 1.83 bits per heavy atom. The summed E-state index contributed by atoms with van der Waals surface area (Å²) in [6.07, 6.45) is 1.56. The molecule has 0 saturated heterocycles. The number of aromatic carboxylic acids is 1. The molecule has 0 aliphatic carbocycles. The molecule has 1 heterocycles. The lowest BCUT2D eigenvalue weighted by Crippen LogP contribution is -2.19. The molecular formula is C13H12N2O3. The van der Waals surface area contributed by atoms with Gasteiger partial charge in [0, 0.05) is 18.0 Å². The minimum Gasteiger partial charge on any atom is -0.478 e. The lowest BCUT2D eigenvalue weighted by atomic mass is 10.1. The molecule has 0 radical (unpaired) electrons. The normalized spacial score (nSPS) is 10.2. The second kappa shape index (κ2) is 4.75. The number of hydrogen-bond donors (Lipinski definition) is 2. The maximum Gasteiger partial charge on any atom is 0.335 e. The molecule has 1 aromatic heterocycles. The highest BCUT2D eigenvalue weighted by molar-refractivity contribution is 5.87. The smallest absolute Gasteiger partial charge is 0.335 e. The fourth-order valence-electron chi connectivity index (χ4n) is 1.62. The number of carboxylic acid groups (broad SMARTS) is 1. The summed E-state index contributed by atoms with van der Waals surface area (Å²) >= 11 is 0. The number of nitrogens with zero attached hydrogens (tertiary/aromatic N) is 1. The van der Waals surface area contributed by atoms with Crippen molar-refractivity contribution >= 4 is 11.7 Å². The summed E-state index contributed by atoms with van der Waals surface area (Å²) in [5.74, 6) is -0.970. The number of nitrogens with two attached hydrogens (primary N) is 1. The first-order chi connectivity index (χ1) is 8.56. The molecule has 1 aromatic carbocycles. The SMILES string of the molecule is Nc1ccc(=O)n(Cc2ccc(C(=O)O)cc2)c1. The van der Waals surface area contributed by atoms with Gasteiger partial charge in [-0.3, -0.25) is 4.79 Å². The number of rotatable bonds is 3. The maximum atomic E-state index is 11.6. The number of carbonyl (C=O) groups is 1. The average molecular weight is 244 g/mol. The molecule has 0 unspecified atom stereocenters. The first-order valence-corrected chi connectivity index (χ1v) is 5.34. The van der Waals surface area contributed by atoms with Crippen LogP contribution >= 0.6 is 0 Å². The molecule has 0 aliphatic rings. The van der Waals surface area contributed by atoms with Gasteiger partial charge in [-0.15, -0.1) is 0 Å². The van der Waals surface area contributed by atoms with E-state index in [0.717, 1.165) is 5.56 Å². The standard InChI is InChI=1S/C13H12N2O3/c14-11-5-6-12(16)15(8-11)7-9-1-3-10(4-2-9)13(17)18/h1-6,8H,7,14H2,(H,17,18). The molecule has 0 bridgehead atoms. The van der Waals surface area contributed by atoms with E-state index in [-0.39, 0.29) is 11.1 Å². The van der Waals surface area contributed by atoms with Crippen molar-refractivity contribution in [3.05, 3.63) is 64.1 Å². The van der Waals surface area contributed by atoms with Crippen LogP contribution in [0.5, 0.6) is 0 Å². The lowest BCUT2D eigenvalue weighted by Gasteiger charge is -2.06. The van der Waals surface area contributed by atoms with Crippen molar-refractivity contribution in [1.82, 2.24) is 4.57 Å². The molecule has 18 heavy (non-hydrogen) atoms. The predicted molar refractivity (Wildman–Crippen MR) is 67.6 cm³/mol. The molecule has 0 aliphatic heterocycles. The Morgan fingerprint density at radius 3 is 2.44 bits per heavy atom. The molecule has 0 spiro atoms. The van der Waals surface area contributed by atoms with Gasteiger partial charge in [0.05, 0.1) is 12.1 Å². The predicted octanol–water partition coefficient (Wildman–Crippen LogP) is 1.18. The number of carboxylic acids is 1. The van der Waals surface area contributed by atoms with Gasteiger partial charge in [0.25, 0.3) is 5.56 Å². The van der Waals surface area contributed by atoms with E-state index in [2.05, 4.69) is 0 Å². The van der Waals surface area contributed by atoms with Crippen LogP contribution in [0.1, 0.15) is 15.9 Å². The van der Waals surface area contributed by atoms with E-state index in [0.29, 0.717) is 12.2 Å². The maximum absolute atomic E-state index is 11.6. The van der Waals surface area contributed by atoms with Gasteiger partial charge in [-0.1, -0.05) is 12.1 Å². The highest BCUT2D eigenvalue weighted by Crippen LogP contribution is 2.06. The zero-order valence-electron chi connectivity index (χ0n) is 9.54. The van der Waals surface area contributed by atoms with Crippen LogP contribution in [0.2, 0.25) is 0 Å². The molecule has 0 atom stereocenters. The van der Waals surface area contributed by atoms with Gasteiger partial charge in [-0.2, -0.15) is 0 Å². The Kier molecular flexibility index (Phi) is 3.14. The van der Waals surface area contributed by atoms with Crippen LogP contribution in [-0.2, 0) is 6.54 Å². The van der Waals surface area contributed by atoms with Crippen LogP contribution in [0, 0.1) is 0 Å². The second-order valence-corrected chi connectivity index (χ2v) is 3.93. The molecule has 0 amide bonds. The van der Waals surface area contributed by atoms with E-state index in [9.17, 15) is 9.59 Å². The third-order valence-corrected chi connectivity index (χ3v) is 2.56. The van der Waals surface area contributed by atoms with Crippen molar-refractivity contribution in [3.63, 3.8) is 0 Å². The molecule has 0 fully saturated rings. The fourth-order valence-corrected chi connectivity index (χ4v) is 1.62. The fraction of sp³-hybridized carbons (Fsp3) is 0.0769. The van der Waals surface area contributed by atoms with E-state index >= 15 is 0 Å². The minimum absolute atomic E-state index is 0.147. The molecule has 5 heteroatoms. The second-order valence-electron chi connectivity index (χ2n) is 3.93. The van der Waals surface area contributed by atoms with Gasteiger partial charge in [-0.05, 0) is 23.8 Å². The zero-order valence-corrected chi connectivity index (χ0v) is 9.54. The van der Waals surface area contributed by atoms with Crippen LogP contribution in [0.4, 0.5) is 5.69 Å². The summed E-state index contributed by atoms with van der Waals surface area (Å²) in [7, 11) is 0. The Labute approximate surface area is 103 Å². The summed E-state index contributed by atoms with van der Waals surface area (Å²) in [4.78, 5) is 22.3. The highest BCUT2D eigenvalue weighted by atomic mass is 16.4. The number of anilines is 1. The molecular weight excluding hydrogens is 232 g/mol. The van der Waals surface area contributed by atoms with E-state index < -0.39 is 5.97 Å².